The number of hydrogen-bond acceptors (Lipinski definition) is 1. The summed E-state index contributed by atoms with van der Waals surface area (Å²) in [6.07, 6.45) is 0. The lowest BCUT2D eigenvalue weighted by molar-refractivity contribution is -0.910. The molecule has 0 spiro atoms. The predicted octanol–water partition coefficient (Wildman–Crippen LogP) is 1.03. The van der Waals surface area contributed by atoms with Gasteiger partial charge in [-0.05, 0) is 27.9 Å². The second kappa shape index (κ2) is 4.07. The maximum atomic E-state index is 2.29. The van der Waals surface area contributed by atoms with E-state index in [0.717, 1.165) is 10.5 Å². The Morgan fingerprint density at radius 2 is 1.64 bits per heavy atom. The molecule has 0 rings (SSSR count). The van der Waals surface area contributed by atoms with Crippen LogP contribution in [-0.4, -0.2) is 56.7 Å². The lowest BCUT2D eigenvalue weighted by Crippen LogP contribution is -2.49. The van der Waals surface area contributed by atoms with Crippen molar-refractivity contribution >= 4 is 0 Å². The van der Waals surface area contributed by atoms with Crippen molar-refractivity contribution in [2.45, 2.75) is 19.9 Å². The molecule has 2 heteroatoms. The van der Waals surface area contributed by atoms with Crippen LogP contribution in [0.3, 0.4) is 0 Å². The van der Waals surface area contributed by atoms with E-state index in [4.69, 9.17) is 0 Å². The van der Waals surface area contributed by atoms with Crippen LogP contribution >= 0.6 is 0 Å². The Balaban J connectivity index is 3.73. The van der Waals surface area contributed by atoms with Crippen LogP contribution in [0.4, 0.5) is 0 Å². The van der Waals surface area contributed by atoms with Crippen LogP contribution in [-0.2, 0) is 0 Å². The van der Waals surface area contributed by atoms with E-state index in [1.54, 1.807) is 0 Å². The smallest absolute Gasteiger partial charge is 0.0913 e. The van der Waals surface area contributed by atoms with E-state index in [9.17, 15) is 0 Å². The standard InChI is InChI=1S/C9H23N2/c1-9(2)11(5,6)8-7-10(3)4/h9H,7-8H2,1-6H3/q+1. The molecule has 0 saturated heterocycles. The first-order valence-corrected chi connectivity index (χ1v) is 4.33. The first-order valence-electron chi connectivity index (χ1n) is 4.33. The molecule has 0 unspecified atom stereocenters. The lowest BCUT2D eigenvalue weighted by atomic mass is 10.3. The van der Waals surface area contributed by atoms with Crippen molar-refractivity contribution in [2.75, 3.05) is 41.3 Å². The van der Waals surface area contributed by atoms with Gasteiger partial charge in [-0.2, -0.15) is 0 Å². The summed E-state index contributed by atoms with van der Waals surface area (Å²) in [6.45, 7) is 6.95. The molecule has 68 valence electrons. The van der Waals surface area contributed by atoms with Gasteiger partial charge in [0.15, 0.2) is 0 Å². The van der Waals surface area contributed by atoms with Crippen molar-refractivity contribution in [2.24, 2.45) is 0 Å². The van der Waals surface area contributed by atoms with Gasteiger partial charge >= 0.3 is 0 Å². The molecule has 0 aliphatic carbocycles. The van der Waals surface area contributed by atoms with E-state index >= 15 is 0 Å². The Hall–Kier alpha value is -0.0800. The Bertz CT molecular complexity index is 106. The molecular formula is C9H23N2+. The summed E-state index contributed by atoms with van der Waals surface area (Å²) in [7, 11) is 8.82. The van der Waals surface area contributed by atoms with Crippen LogP contribution < -0.4 is 0 Å². The van der Waals surface area contributed by atoms with Crippen molar-refractivity contribution in [3.63, 3.8) is 0 Å². The fraction of sp³-hybridized carbons (Fsp3) is 1.00. The van der Waals surface area contributed by atoms with Crippen LogP contribution in [0, 0.1) is 0 Å². The van der Waals surface area contributed by atoms with E-state index in [-0.39, 0.29) is 0 Å². The Morgan fingerprint density at radius 3 is 1.91 bits per heavy atom. The largest absolute Gasteiger partial charge is 0.325 e. The van der Waals surface area contributed by atoms with E-state index in [1.165, 1.54) is 13.1 Å². The maximum Gasteiger partial charge on any atom is 0.0913 e. The quantitative estimate of drug-likeness (QED) is 0.554. The van der Waals surface area contributed by atoms with Gasteiger partial charge in [0.05, 0.1) is 26.7 Å². The van der Waals surface area contributed by atoms with Crippen molar-refractivity contribution < 1.29 is 4.48 Å². The third-order valence-electron chi connectivity index (χ3n) is 2.52. The van der Waals surface area contributed by atoms with Gasteiger partial charge in [-0.1, -0.05) is 0 Å². The zero-order chi connectivity index (χ0) is 9.07. The van der Waals surface area contributed by atoms with Crippen molar-refractivity contribution in [1.29, 1.82) is 0 Å². The molecule has 0 aliphatic heterocycles. The van der Waals surface area contributed by atoms with Gasteiger partial charge in [0.2, 0.25) is 0 Å². The molecule has 0 aromatic heterocycles. The molecular weight excluding hydrogens is 136 g/mol. The van der Waals surface area contributed by atoms with Gasteiger partial charge in [-0.15, -0.1) is 0 Å². The van der Waals surface area contributed by atoms with Crippen LogP contribution in [0.25, 0.3) is 0 Å². The molecule has 2 nitrogen and oxygen atoms in total. The topological polar surface area (TPSA) is 3.24 Å². The van der Waals surface area contributed by atoms with E-state index in [0.29, 0.717) is 0 Å². The van der Waals surface area contributed by atoms with E-state index < -0.39 is 0 Å². The average Bonchev–Trinajstić information content (AvgIpc) is 1.84. The Morgan fingerprint density at radius 1 is 1.18 bits per heavy atom. The Kier molecular flexibility index (Phi) is 4.04. The van der Waals surface area contributed by atoms with Crippen LogP contribution in [0.5, 0.6) is 0 Å². The second-order valence-corrected chi connectivity index (χ2v) is 4.40. The number of hydrogen-bond donors (Lipinski definition) is 0. The number of likely N-dealkylation sites (N-methyl/N-ethyl adjacent to an activating group) is 2. The molecule has 0 N–H and O–H groups in total. The average molecular weight is 159 g/mol. The second-order valence-electron chi connectivity index (χ2n) is 4.40. The maximum absolute atomic E-state index is 2.29. The zero-order valence-corrected chi connectivity index (χ0v) is 8.89. The molecule has 0 bridgehead atoms. The van der Waals surface area contributed by atoms with Crippen molar-refractivity contribution in [3.8, 4) is 0 Å². The van der Waals surface area contributed by atoms with Crippen molar-refractivity contribution in [3.05, 3.63) is 0 Å². The summed E-state index contributed by atoms with van der Waals surface area (Å²) < 4.78 is 1.11. The van der Waals surface area contributed by atoms with Crippen LogP contribution in [0.2, 0.25) is 0 Å². The molecule has 0 aliphatic rings. The SMILES string of the molecule is CC(C)[N+](C)(C)CCN(C)C. The summed E-state index contributed by atoms with van der Waals surface area (Å²) in [5, 5.41) is 0. The van der Waals surface area contributed by atoms with Gasteiger partial charge < -0.3 is 9.38 Å². The molecule has 0 aromatic carbocycles. The number of quaternary nitrogens is 1. The normalized spacial score (nSPS) is 13.1. The summed E-state index contributed by atoms with van der Waals surface area (Å²) in [5.74, 6) is 0. The van der Waals surface area contributed by atoms with E-state index in [2.05, 4.69) is 46.9 Å². The lowest BCUT2D eigenvalue weighted by Gasteiger charge is -2.35. The molecule has 0 atom stereocenters. The van der Waals surface area contributed by atoms with Gasteiger partial charge in [-0.25, -0.2) is 0 Å². The fourth-order valence-corrected chi connectivity index (χ4v) is 0.716. The molecule has 0 heterocycles. The highest BCUT2D eigenvalue weighted by molar-refractivity contribution is 4.45. The highest BCUT2D eigenvalue weighted by Gasteiger charge is 2.18. The zero-order valence-electron chi connectivity index (χ0n) is 8.89. The Labute approximate surface area is 71.4 Å². The highest BCUT2D eigenvalue weighted by Crippen LogP contribution is 2.04. The fourth-order valence-electron chi connectivity index (χ4n) is 0.716. The third kappa shape index (κ3) is 4.38. The summed E-state index contributed by atoms with van der Waals surface area (Å²) >= 11 is 0. The minimum absolute atomic E-state index is 0.718. The minimum atomic E-state index is 0.718. The van der Waals surface area contributed by atoms with Crippen LogP contribution in [0.15, 0.2) is 0 Å². The summed E-state index contributed by atoms with van der Waals surface area (Å²) in [4.78, 5) is 2.24. The highest BCUT2D eigenvalue weighted by atomic mass is 15.3. The van der Waals surface area contributed by atoms with Gasteiger partial charge in [0.25, 0.3) is 0 Å². The van der Waals surface area contributed by atoms with E-state index in [1.807, 2.05) is 0 Å². The molecule has 0 saturated carbocycles. The molecule has 0 aromatic rings. The molecule has 0 radical (unpaired) electrons. The predicted molar refractivity (Wildman–Crippen MR) is 50.7 cm³/mol. The first kappa shape index (κ1) is 10.9. The molecule has 0 fully saturated rings. The summed E-state index contributed by atoms with van der Waals surface area (Å²) in [5.41, 5.74) is 0. The third-order valence-corrected chi connectivity index (χ3v) is 2.52. The number of nitrogens with zero attached hydrogens (tertiary/aromatic N) is 2. The van der Waals surface area contributed by atoms with Gasteiger partial charge in [0, 0.05) is 6.54 Å². The number of rotatable bonds is 4. The molecule has 11 heavy (non-hydrogen) atoms. The monoisotopic (exact) mass is 159 g/mol. The molecule has 0 amide bonds. The summed E-state index contributed by atoms with van der Waals surface area (Å²) in [6, 6.07) is 0.718. The van der Waals surface area contributed by atoms with Gasteiger partial charge in [0.1, 0.15) is 0 Å². The minimum Gasteiger partial charge on any atom is -0.325 e. The van der Waals surface area contributed by atoms with Crippen LogP contribution in [0.1, 0.15) is 13.8 Å². The van der Waals surface area contributed by atoms with Crippen molar-refractivity contribution in [1.82, 2.24) is 4.90 Å². The van der Waals surface area contributed by atoms with Gasteiger partial charge in [-0.3, -0.25) is 0 Å². The first-order chi connectivity index (χ1) is 4.86.